The summed E-state index contributed by atoms with van der Waals surface area (Å²) >= 11 is 5.88. The van der Waals surface area contributed by atoms with Gasteiger partial charge in [0, 0.05) is 12.0 Å². The molecule has 7 nitrogen and oxygen atoms in total. The minimum absolute atomic E-state index is 0.207. The Bertz CT molecular complexity index is 839. The fraction of sp³-hybridized carbons (Fsp3) is 0.158. The first kappa shape index (κ1) is 20.1. The van der Waals surface area contributed by atoms with Crippen molar-refractivity contribution >= 4 is 35.2 Å². The fourth-order valence-electron chi connectivity index (χ4n) is 2.04. The number of benzene rings is 2. The van der Waals surface area contributed by atoms with E-state index in [4.69, 9.17) is 16.3 Å². The predicted octanol–water partition coefficient (Wildman–Crippen LogP) is 2.31. The first-order chi connectivity index (χ1) is 13.0. The van der Waals surface area contributed by atoms with Crippen LogP contribution in [0.2, 0.25) is 5.02 Å². The molecule has 0 radical (unpaired) electrons. The minimum Gasteiger partial charge on any atom is -0.457 e. The number of Topliss-reactive ketones (excluding diaryl/α,β-unsaturated/α-hetero) is 1. The predicted molar refractivity (Wildman–Crippen MR) is 98.0 cm³/mol. The Morgan fingerprint density at radius 3 is 2.22 bits per heavy atom. The highest BCUT2D eigenvalue weighted by atomic mass is 35.5. The van der Waals surface area contributed by atoms with Crippen LogP contribution in [0, 0.1) is 0 Å². The van der Waals surface area contributed by atoms with E-state index in [0.29, 0.717) is 5.56 Å². The Labute approximate surface area is 160 Å². The van der Waals surface area contributed by atoms with E-state index < -0.39 is 24.4 Å². The average molecular weight is 389 g/mol. The Morgan fingerprint density at radius 1 is 0.852 bits per heavy atom. The molecule has 8 heteroatoms. The second-order valence-electron chi connectivity index (χ2n) is 5.43. The summed E-state index contributed by atoms with van der Waals surface area (Å²) in [4.78, 5) is 47.0. The molecule has 2 N–H and O–H groups in total. The zero-order chi connectivity index (χ0) is 19.6. The second-order valence-corrected chi connectivity index (χ2v) is 5.84. The Balaban J connectivity index is 1.67. The number of carbonyl (C=O) groups excluding carboxylic acids is 4. The smallest absolute Gasteiger partial charge is 0.306 e. The fourth-order valence-corrected chi connectivity index (χ4v) is 2.26. The number of nitrogens with one attached hydrogen (secondary N) is 2. The summed E-state index contributed by atoms with van der Waals surface area (Å²) in [6.07, 6.45) is -0.434. The maximum atomic E-state index is 11.9. The van der Waals surface area contributed by atoms with E-state index in [2.05, 4.69) is 10.9 Å². The lowest BCUT2D eigenvalue weighted by molar-refractivity contribution is -0.143. The lowest BCUT2D eigenvalue weighted by Gasteiger charge is -2.08. The lowest BCUT2D eigenvalue weighted by atomic mass is 10.1. The average Bonchev–Trinajstić information content (AvgIpc) is 2.69. The van der Waals surface area contributed by atoms with Crippen molar-refractivity contribution in [3.05, 3.63) is 70.7 Å². The molecule has 0 aliphatic rings. The molecule has 0 heterocycles. The van der Waals surface area contributed by atoms with E-state index in [-0.39, 0.29) is 29.2 Å². The highest BCUT2D eigenvalue weighted by Gasteiger charge is 2.13. The Kier molecular flexibility index (Phi) is 7.51. The van der Waals surface area contributed by atoms with E-state index in [1.807, 2.05) is 0 Å². The zero-order valence-electron chi connectivity index (χ0n) is 14.2. The van der Waals surface area contributed by atoms with Gasteiger partial charge in [-0.1, -0.05) is 54.1 Å². The number of ketones is 1. The van der Waals surface area contributed by atoms with E-state index in [9.17, 15) is 19.2 Å². The first-order valence-electron chi connectivity index (χ1n) is 8.05. The highest BCUT2D eigenvalue weighted by Crippen LogP contribution is 2.14. The summed E-state index contributed by atoms with van der Waals surface area (Å²) < 4.78 is 4.85. The molecule has 2 rings (SSSR count). The number of hydrazine groups is 1. The van der Waals surface area contributed by atoms with Crippen LogP contribution in [0.25, 0.3) is 0 Å². The van der Waals surface area contributed by atoms with Crippen LogP contribution >= 0.6 is 11.6 Å². The summed E-state index contributed by atoms with van der Waals surface area (Å²) in [5, 5.41) is 0.246. The topological polar surface area (TPSA) is 102 Å². The third-order valence-corrected chi connectivity index (χ3v) is 3.78. The normalized spacial score (nSPS) is 9.96. The van der Waals surface area contributed by atoms with Gasteiger partial charge in [0.25, 0.3) is 5.91 Å². The zero-order valence-corrected chi connectivity index (χ0v) is 15.0. The largest absolute Gasteiger partial charge is 0.457 e. The van der Waals surface area contributed by atoms with Crippen molar-refractivity contribution in [3.63, 3.8) is 0 Å². The number of hydrogen-bond donors (Lipinski definition) is 2. The van der Waals surface area contributed by atoms with Gasteiger partial charge >= 0.3 is 5.97 Å². The van der Waals surface area contributed by atoms with Crippen LogP contribution in [0.1, 0.15) is 33.6 Å². The molecule has 0 aliphatic carbocycles. The molecule has 0 bridgehead atoms. The standard InChI is InChI=1S/C19H17ClN2O5/c20-15-9-5-4-8-14(15)19(26)22-21-17(24)10-11-18(25)27-12-16(23)13-6-2-1-3-7-13/h1-9H,10-12H2,(H,21,24)(H,22,26). The van der Waals surface area contributed by atoms with Gasteiger partial charge in [-0.3, -0.25) is 30.0 Å². The molecule has 2 aromatic rings. The van der Waals surface area contributed by atoms with Crippen molar-refractivity contribution < 1.29 is 23.9 Å². The highest BCUT2D eigenvalue weighted by molar-refractivity contribution is 6.33. The summed E-state index contributed by atoms with van der Waals surface area (Å²) in [5.74, 6) is -2.18. The van der Waals surface area contributed by atoms with Crippen LogP contribution in [0.4, 0.5) is 0 Å². The molecule has 27 heavy (non-hydrogen) atoms. The molecular weight excluding hydrogens is 372 g/mol. The van der Waals surface area contributed by atoms with E-state index in [1.54, 1.807) is 48.5 Å². The number of carbonyl (C=O) groups is 4. The van der Waals surface area contributed by atoms with Crippen LogP contribution < -0.4 is 10.9 Å². The van der Waals surface area contributed by atoms with Gasteiger partial charge in [0.15, 0.2) is 12.4 Å². The Hall–Kier alpha value is -3.19. The molecule has 0 fully saturated rings. The number of amides is 2. The maximum Gasteiger partial charge on any atom is 0.306 e. The summed E-state index contributed by atoms with van der Waals surface area (Å²) in [7, 11) is 0. The van der Waals surface area contributed by atoms with E-state index >= 15 is 0 Å². The van der Waals surface area contributed by atoms with Gasteiger partial charge in [0.2, 0.25) is 5.91 Å². The lowest BCUT2D eigenvalue weighted by Crippen LogP contribution is -2.41. The maximum absolute atomic E-state index is 11.9. The van der Waals surface area contributed by atoms with Crippen LogP contribution in [0.5, 0.6) is 0 Å². The summed E-state index contributed by atoms with van der Waals surface area (Å²) in [6.45, 7) is -0.395. The molecule has 0 unspecified atom stereocenters. The first-order valence-corrected chi connectivity index (χ1v) is 8.42. The van der Waals surface area contributed by atoms with E-state index in [1.165, 1.54) is 6.07 Å². The van der Waals surface area contributed by atoms with Crippen molar-refractivity contribution in [2.45, 2.75) is 12.8 Å². The monoisotopic (exact) mass is 388 g/mol. The minimum atomic E-state index is -0.688. The number of rotatable bonds is 7. The number of halogens is 1. The van der Waals surface area contributed by atoms with Gasteiger partial charge in [-0.05, 0) is 12.1 Å². The van der Waals surface area contributed by atoms with Crippen molar-refractivity contribution in [1.29, 1.82) is 0 Å². The molecule has 2 aromatic carbocycles. The molecular formula is C19H17ClN2O5. The molecule has 0 atom stereocenters. The number of ether oxygens (including phenoxy) is 1. The third kappa shape index (κ3) is 6.56. The number of esters is 1. The Morgan fingerprint density at radius 2 is 1.52 bits per heavy atom. The van der Waals surface area contributed by atoms with Crippen molar-refractivity contribution in [1.82, 2.24) is 10.9 Å². The summed E-state index contributed by atoms with van der Waals surface area (Å²) in [5.41, 5.74) is 5.03. The molecule has 0 spiro atoms. The molecule has 140 valence electrons. The van der Waals surface area contributed by atoms with E-state index in [0.717, 1.165) is 0 Å². The van der Waals surface area contributed by atoms with Gasteiger partial charge in [0.05, 0.1) is 17.0 Å². The van der Waals surface area contributed by atoms with Crippen LogP contribution in [-0.4, -0.2) is 30.2 Å². The van der Waals surface area contributed by atoms with Gasteiger partial charge in [-0.15, -0.1) is 0 Å². The van der Waals surface area contributed by atoms with Crippen LogP contribution in [-0.2, 0) is 14.3 Å². The number of hydrogen-bond acceptors (Lipinski definition) is 5. The SMILES string of the molecule is O=C(CCC(=O)OCC(=O)c1ccccc1)NNC(=O)c1ccccc1Cl. The van der Waals surface area contributed by atoms with Gasteiger partial charge in [-0.25, -0.2) is 0 Å². The molecule has 0 aliphatic heterocycles. The molecule has 0 saturated heterocycles. The quantitative estimate of drug-likeness (QED) is 0.430. The summed E-state index contributed by atoms with van der Waals surface area (Å²) in [6, 6.07) is 14.8. The van der Waals surface area contributed by atoms with Gasteiger partial charge in [-0.2, -0.15) is 0 Å². The van der Waals surface area contributed by atoms with Crippen molar-refractivity contribution in [3.8, 4) is 0 Å². The molecule has 2 amide bonds. The van der Waals surface area contributed by atoms with Crippen LogP contribution in [0.15, 0.2) is 54.6 Å². The second kappa shape index (κ2) is 10.1. The van der Waals surface area contributed by atoms with Crippen LogP contribution in [0.3, 0.4) is 0 Å². The van der Waals surface area contributed by atoms with Gasteiger partial charge in [0.1, 0.15) is 0 Å². The molecule has 0 aromatic heterocycles. The van der Waals surface area contributed by atoms with Crippen molar-refractivity contribution in [2.24, 2.45) is 0 Å². The molecule has 0 saturated carbocycles. The van der Waals surface area contributed by atoms with Gasteiger partial charge < -0.3 is 4.74 Å². The third-order valence-electron chi connectivity index (χ3n) is 3.45. The van der Waals surface area contributed by atoms with Crippen molar-refractivity contribution in [2.75, 3.05) is 6.61 Å².